The zero-order valence-electron chi connectivity index (χ0n) is 10.6. The highest BCUT2D eigenvalue weighted by atomic mass is 14.5. The van der Waals surface area contributed by atoms with E-state index >= 15 is 0 Å². The van der Waals surface area contributed by atoms with Gasteiger partial charge in [-0.1, -0.05) is 67.3 Å². The molecule has 0 radical (unpaired) electrons. The fourth-order valence-corrected chi connectivity index (χ4v) is 2.52. The lowest BCUT2D eigenvalue weighted by molar-refractivity contribution is 1.72. The Labute approximate surface area is 112 Å². The van der Waals surface area contributed by atoms with E-state index in [1.807, 2.05) is 18.2 Å². The predicted octanol–water partition coefficient (Wildman–Crippen LogP) is 4.77. The quantitative estimate of drug-likeness (QED) is 0.392. The molecule has 0 fully saturated rings. The first-order chi connectivity index (χ1) is 9.31. The summed E-state index contributed by atoms with van der Waals surface area (Å²) < 4.78 is 0. The highest BCUT2D eigenvalue weighted by molar-refractivity contribution is 6.15. The first-order valence-corrected chi connectivity index (χ1v) is 6.30. The van der Waals surface area contributed by atoms with E-state index in [2.05, 4.69) is 49.1 Å². The summed E-state index contributed by atoms with van der Waals surface area (Å²) in [5, 5.41) is 4.71. The normalized spacial score (nSPS) is 11.4. The van der Waals surface area contributed by atoms with E-state index in [9.17, 15) is 0 Å². The Balaban J connectivity index is 2.51. The molecule has 0 aliphatic heterocycles. The number of anilines is 1. The molecule has 0 aliphatic rings. The van der Waals surface area contributed by atoms with Crippen LogP contribution >= 0.6 is 0 Å². The molecule has 0 amide bonds. The summed E-state index contributed by atoms with van der Waals surface area (Å²) in [6.45, 7) is 3.72. The van der Waals surface area contributed by atoms with Gasteiger partial charge in [0.25, 0.3) is 0 Å². The van der Waals surface area contributed by atoms with Gasteiger partial charge >= 0.3 is 0 Å². The molecule has 0 spiro atoms. The molecule has 3 rings (SSSR count). The number of benzene rings is 3. The van der Waals surface area contributed by atoms with Crippen molar-refractivity contribution in [2.75, 3.05) is 5.73 Å². The lowest BCUT2D eigenvalue weighted by Gasteiger charge is -2.09. The number of hydrogen-bond acceptors (Lipinski definition) is 1. The van der Waals surface area contributed by atoms with Gasteiger partial charge in [-0.05, 0) is 27.8 Å². The van der Waals surface area contributed by atoms with E-state index in [4.69, 9.17) is 5.73 Å². The van der Waals surface area contributed by atoms with E-state index in [-0.39, 0.29) is 0 Å². The largest absolute Gasteiger partial charge is 0.398 e. The number of nitrogen functional groups attached to an aromatic ring is 1. The van der Waals surface area contributed by atoms with Gasteiger partial charge in [-0.3, -0.25) is 0 Å². The highest BCUT2D eigenvalue weighted by Gasteiger charge is 2.06. The second-order valence-electron chi connectivity index (χ2n) is 4.55. The van der Waals surface area contributed by atoms with Gasteiger partial charge < -0.3 is 5.73 Å². The Bertz CT molecular complexity index is 797. The molecular weight excluding hydrogens is 230 g/mol. The topological polar surface area (TPSA) is 26.0 Å². The molecule has 0 saturated heterocycles. The number of nitrogens with two attached hydrogens (primary N) is 1. The van der Waals surface area contributed by atoms with Crippen LogP contribution in [0.1, 0.15) is 5.56 Å². The van der Waals surface area contributed by atoms with Gasteiger partial charge in [0.2, 0.25) is 0 Å². The first-order valence-electron chi connectivity index (χ1n) is 6.30. The lowest BCUT2D eigenvalue weighted by Crippen LogP contribution is -1.89. The molecule has 19 heavy (non-hydrogen) atoms. The van der Waals surface area contributed by atoms with Gasteiger partial charge in [-0.25, -0.2) is 0 Å². The molecule has 0 bridgehead atoms. The maximum atomic E-state index is 6.18. The average molecular weight is 245 g/mol. The van der Waals surface area contributed by atoms with Crippen LogP contribution in [0.25, 0.3) is 27.6 Å². The van der Waals surface area contributed by atoms with Crippen LogP contribution in [0.5, 0.6) is 0 Å². The summed E-state index contributed by atoms with van der Waals surface area (Å²) >= 11 is 0. The zero-order valence-corrected chi connectivity index (χ0v) is 10.6. The van der Waals surface area contributed by atoms with E-state index in [0.717, 1.165) is 11.1 Å². The second-order valence-corrected chi connectivity index (χ2v) is 4.55. The van der Waals surface area contributed by atoms with Crippen LogP contribution in [-0.2, 0) is 0 Å². The summed E-state index contributed by atoms with van der Waals surface area (Å²) in [6, 6.07) is 16.6. The molecule has 0 atom stereocenters. The maximum Gasteiger partial charge on any atom is 0.0400 e. The van der Waals surface area contributed by atoms with Crippen LogP contribution in [0.3, 0.4) is 0 Å². The van der Waals surface area contributed by atoms with Gasteiger partial charge in [-0.15, -0.1) is 0 Å². The van der Waals surface area contributed by atoms with Crippen LogP contribution in [-0.4, -0.2) is 0 Å². The SMILES string of the molecule is C=CC=Cc1cccc2ccc3cccc(N)c3c12. The summed E-state index contributed by atoms with van der Waals surface area (Å²) in [4.78, 5) is 0. The number of hydrogen-bond donors (Lipinski definition) is 1. The van der Waals surface area contributed by atoms with Gasteiger partial charge in [0, 0.05) is 11.1 Å². The third-order valence-corrected chi connectivity index (χ3v) is 3.36. The molecule has 0 unspecified atom stereocenters. The standard InChI is InChI=1S/C18H15N/c1-2-3-6-13-7-4-8-14-11-12-15-9-5-10-16(19)18(15)17(13)14/h2-12H,1,19H2. The van der Waals surface area contributed by atoms with E-state index in [1.165, 1.54) is 21.7 Å². The van der Waals surface area contributed by atoms with Gasteiger partial charge in [0.1, 0.15) is 0 Å². The average Bonchev–Trinajstić information content (AvgIpc) is 2.45. The number of allylic oxidation sites excluding steroid dienone is 2. The maximum absolute atomic E-state index is 6.18. The van der Waals surface area contributed by atoms with Crippen molar-refractivity contribution in [3.05, 3.63) is 72.8 Å². The predicted molar refractivity (Wildman–Crippen MR) is 85.1 cm³/mol. The van der Waals surface area contributed by atoms with Crippen molar-refractivity contribution in [1.29, 1.82) is 0 Å². The second kappa shape index (κ2) is 4.62. The third-order valence-electron chi connectivity index (χ3n) is 3.36. The Hall–Kier alpha value is -2.54. The Morgan fingerprint density at radius 3 is 2.26 bits per heavy atom. The molecule has 2 N–H and O–H groups in total. The molecule has 3 aromatic rings. The fraction of sp³-hybridized carbons (Fsp3) is 0. The summed E-state index contributed by atoms with van der Waals surface area (Å²) in [6.07, 6.45) is 5.81. The molecule has 0 heterocycles. The van der Waals surface area contributed by atoms with E-state index in [0.29, 0.717) is 0 Å². The Morgan fingerprint density at radius 2 is 1.53 bits per heavy atom. The molecule has 1 nitrogen and oxygen atoms in total. The summed E-state index contributed by atoms with van der Waals surface area (Å²) in [5.41, 5.74) is 8.16. The smallest absolute Gasteiger partial charge is 0.0400 e. The van der Waals surface area contributed by atoms with Crippen LogP contribution < -0.4 is 5.73 Å². The summed E-state index contributed by atoms with van der Waals surface area (Å²) in [7, 11) is 0. The minimum atomic E-state index is 0.822. The number of rotatable bonds is 2. The minimum Gasteiger partial charge on any atom is -0.398 e. The van der Waals surface area contributed by atoms with Crippen molar-refractivity contribution in [2.45, 2.75) is 0 Å². The minimum absolute atomic E-state index is 0.822. The Kier molecular flexibility index (Phi) is 2.81. The molecule has 3 aromatic carbocycles. The molecule has 92 valence electrons. The molecular formula is C18H15N. The first kappa shape index (κ1) is 11.5. The number of fused-ring (bicyclic) bond motifs is 3. The van der Waals surface area contributed by atoms with Gasteiger partial charge in [0.05, 0.1) is 0 Å². The third kappa shape index (κ3) is 1.89. The zero-order chi connectivity index (χ0) is 13.2. The van der Waals surface area contributed by atoms with Crippen molar-refractivity contribution in [1.82, 2.24) is 0 Å². The van der Waals surface area contributed by atoms with Crippen molar-refractivity contribution in [3.8, 4) is 0 Å². The van der Waals surface area contributed by atoms with Crippen molar-refractivity contribution in [3.63, 3.8) is 0 Å². The molecule has 1 heteroatoms. The van der Waals surface area contributed by atoms with Gasteiger partial charge in [-0.2, -0.15) is 0 Å². The van der Waals surface area contributed by atoms with Crippen molar-refractivity contribution < 1.29 is 0 Å². The highest BCUT2D eigenvalue weighted by Crippen LogP contribution is 2.32. The fourth-order valence-electron chi connectivity index (χ4n) is 2.52. The summed E-state index contributed by atoms with van der Waals surface area (Å²) in [5.74, 6) is 0. The van der Waals surface area contributed by atoms with Crippen LogP contribution in [0.2, 0.25) is 0 Å². The monoisotopic (exact) mass is 245 g/mol. The molecule has 0 aliphatic carbocycles. The van der Waals surface area contributed by atoms with Crippen molar-refractivity contribution >= 4 is 33.3 Å². The lowest BCUT2D eigenvalue weighted by atomic mass is 9.96. The molecule has 0 saturated carbocycles. The van der Waals surface area contributed by atoms with Crippen molar-refractivity contribution in [2.24, 2.45) is 0 Å². The van der Waals surface area contributed by atoms with Gasteiger partial charge in [0.15, 0.2) is 0 Å². The van der Waals surface area contributed by atoms with Crippen LogP contribution in [0.15, 0.2) is 67.3 Å². The van der Waals surface area contributed by atoms with Crippen LogP contribution in [0, 0.1) is 0 Å². The Morgan fingerprint density at radius 1 is 0.842 bits per heavy atom. The van der Waals surface area contributed by atoms with E-state index < -0.39 is 0 Å². The van der Waals surface area contributed by atoms with E-state index in [1.54, 1.807) is 6.08 Å². The van der Waals surface area contributed by atoms with Crippen LogP contribution in [0.4, 0.5) is 5.69 Å². The molecule has 0 aromatic heterocycles.